The van der Waals surface area contributed by atoms with Crippen molar-refractivity contribution < 1.29 is 35.1 Å². The number of sulfone groups is 1. The molecule has 0 bridgehead atoms. The average molecular weight is 380 g/mol. The predicted molar refractivity (Wildman–Crippen MR) is 75.5 cm³/mol. The Kier molecular flexibility index (Phi) is 5.31. The van der Waals surface area contributed by atoms with Crippen LogP contribution in [0.4, 0.5) is 13.2 Å². The van der Waals surface area contributed by atoms with E-state index >= 15 is 0 Å². The van der Waals surface area contributed by atoms with Gasteiger partial charge in [-0.1, -0.05) is 0 Å². The SMILES string of the molecule is O=S1(=O)CCN(S(=O)(=O)N2CC(CO)CC(C(F)(F)F)C2)CC1. The average Bonchev–Trinajstić information content (AvgIpc) is 2.45. The van der Waals surface area contributed by atoms with Crippen LogP contribution in [-0.4, -0.2) is 81.0 Å². The minimum absolute atomic E-state index is 0.200. The molecule has 12 heteroatoms. The number of hydrogen-bond acceptors (Lipinski definition) is 5. The van der Waals surface area contributed by atoms with Gasteiger partial charge in [-0.2, -0.15) is 30.2 Å². The van der Waals surface area contributed by atoms with E-state index in [1.54, 1.807) is 0 Å². The highest BCUT2D eigenvalue weighted by Crippen LogP contribution is 2.36. The lowest BCUT2D eigenvalue weighted by Gasteiger charge is -2.39. The molecule has 2 unspecified atom stereocenters. The Morgan fingerprint density at radius 2 is 1.65 bits per heavy atom. The molecule has 0 aliphatic carbocycles. The molecule has 2 aliphatic heterocycles. The molecule has 0 saturated carbocycles. The molecule has 2 atom stereocenters. The first-order chi connectivity index (χ1) is 10.5. The van der Waals surface area contributed by atoms with Crippen molar-refractivity contribution in [3.05, 3.63) is 0 Å². The van der Waals surface area contributed by atoms with Gasteiger partial charge in [0.15, 0.2) is 9.84 Å². The van der Waals surface area contributed by atoms with Crippen LogP contribution in [0.15, 0.2) is 0 Å². The fourth-order valence-corrected chi connectivity index (χ4v) is 5.98. The summed E-state index contributed by atoms with van der Waals surface area (Å²) in [5.41, 5.74) is 0. The molecular weight excluding hydrogens is 361 g/mol. The van der Waals surface area contributed by atoms with Crippen LogP contribution >= 0.6 is 0 Å². The number of rotatable bonds is 3. The van der Waals surface area contributed by atoms with E-state index in [2.05, 4.69) is 0 Å². The molecule has 2 heterocycles. The van der Waals surface area contributed by atoms with Gasteiger partial charge in [0, 0.05) is 32.8 Å². The Balaban J connectivity index is 2.17. The van der Waals surface area contributed by atoms with Crippen molar-refractivity contribution in [2.24, 2.45) is 11.8 Å². The molecule has 0 radical (unpaired) electrons. The maximum absolute atomic E-state index is 13.0. The van der Waals surface area contributed by atoms with Crippen LogP contribution in [0.25, 0.3) is 0 Å². The number of aliphatic hydroxyl groups is 1. The van der Waals surface area contributed by atoms with E-state index in [-0.39, 0.29) is 37.6 Å². The molecule has 23 heavy (non-hydrogen) atoms. The van der Waals surface area contributed by atoms with Crippen molar-refractivity contribution in [1.82, 2.24) is 8.61 Å². The Morgan fingerprint density at radius 1 is 1.09 bits per heavy atom. The van der Waals surface area contributed by atoms with Crippen LogP contribution in [0.2, 0.25) is 0 Å². The van der Waals surface area contributed by atoms with Crippen LogP contribution in [0, 0.1) is 11.8 Å². The summed E-state index contributed by atoms with van der Waals surface area (Å²) in [6.45, 7) is -1.96. The quantitative estimate of drug-likeness (QED) is 0.709. The number of alkyl halides is 3. The zero-order valence-electron chi connectivity index (χ0n) is 12.2. The number of nitrogens with zero attached hydrogens (tertiary/aromatic N) is 2. The highest BCUT2D eigenvalue weighted by Gasteiger charge is 2.48. The van der Waals surface area contributed by atoms with Crippen molar-refractivity contribution >= 4 is 20.0 Å². The van der Waals surface area contributed by atoms with E-state index in [1.165, 1.54) is 0 Å². The van der Waals surface area contributed by atoms with Gasteiger partial charge in [0.05, 0.1) is 17.4 Å². The monoisotopic (exact) mass is 380 g/mol. The zero-order chi connectivity index (χ0) is 17.5. The lowest BCUT2D eigenvalue weighted by molar-refractivity contribution is -0.188. The van der Waals surface area contributed by atoms with Gasteiger partial charge in [-0.05, 0) is 12.3 Å². The first-order valence-corrected chi connectivity index (χ1v) is 10.3. The van der Waals surface area contributed by atoms with Crippen LogP contribution in [0.5, 0.6) is 0 Å². The van der Waals surface area contributed by atoms with Gasteiger partial charge < -0.3 is 5.11 Å². The molecule has 0 aromatic rings. The summed E-state index contributed by atoms with van der Waals surface area (Å²) in [7, 11) is -7.48. The molecule has 0 amide bonds. The van der Waals surface area contributed by atoms with Crippen LogP contribution in [0.3, 0.4) is 0 Å². The number of piperidine rings is 1. The summed E-state index contributed by atoms with van der Waals surface area (Å²) in [6, 6.07) is 0. The normalized spacial score (nSPS) is 31.1. The Morgan fingerprint density at radius 3 is 2.13 bits per heavy atom. The van der Waals surface area contributed by atoms with E-state index in [0.29, 0.717) is 4.31 Å². The molecule has 2 rings (SSSR count). The van der Waals surface area contributed by atoms with Gasteiger partial charge in [0.1, 0.15) is 0 Å². The predicted octanol–water partition coefficient (Wildman–Crippen LogP) is -0.546. The number of hydrogen-bond donors (Lipinski definition) is 1. The summed E-state index contributed by atoms with van der Waals surface area (Å²) < 4.78 is 88.2. The van der Waals surface area contributed by atoms with Crippen LogP contribution in [0.1, 0.15) is 6.42 Å². The van der Waals surface area contributed by atoms with Crippen molar-refractivity contribution in [3.63, 3.8) is 0 Å². The van der Waals surface area contributed by atoms with Crippen LogP contribution < -0.4 is 0 Å². The standard InChI is InChI=1S/C11H19F3N2O5S2/c12-11(13,14)10-5-9(8-17)6-16(7-10)23(20,21)15-1-3-22(18,19)4-2-15/h9-10,17H,1-8H2. The smallest absolute Gasteiger partial charge is 0.393 e. The Labute approximate surface area is 133 Å². The fourth-order valence-electron chi connectivity index (χ4n) is 2.81. The number of halogens is 3. The van der Waals surface area contributed by atoms with Crippen molar-refractivity contribution in [2.75, 3.05) is 44.3 Å². The lowest BCUT2D eigenvalue weighted by Crippen LogP contribution is -2.55. The van der Waals surface area contributed by atoms with E-state index in [4.69, 9.17) is 5.11 Å². The lowest BCUT2D eigenvalue weighted by atomic mass is 9.90. The maximum atomic E-state index is 13.0. The van der Waals surface area contributed by atoms with Crippen LogP contribution in [-0.2, 0) is 20.0 Å². The second-order valence-corrected chi connectivity index (χ2v) is 10.1. The molecule has 0 spiro atoms. The molecule has 0 aromatic heterocycles. The molecular formula is C11H19F3N2O5S2. The number of aliphatic hydroxyl groups excluding tert-OH is 1. The third-order valence-corrected chi connectivity index (χ3v) is 7.76. The Bertz CT molecular complexity index is 621. The molecule has 2 saturated heterocycles. The third-order valence-electron chi connectivity index (χ3n) is 4.18. The van der Waals surface area contributed by atoms with Gasteiger partial charge >= 0.3 is 6.18 Å². The minimum Gasteiger partial charge on any atom is -0.396 e. The first-order valence-electron chi connectivity index (χ1n) is 7.09. The van der Waals surface area contributed by atoms with Crippen molar-refractivity contribution in [1.29, 1.82) is 0 Å². The second-order valence-electron chi connectivity index (χ2n) is 5.90. The largest absolute Gasteiger partial charge is 0.396 e. The summed E-state index contributed by atoms with van der Waals surface area (Å²) in [4.78, 5) is 0. The van der Waals surface area contributed by atoms with Gasteiger partial charge in [-0.3, -0.25) is 0 Å². The zero-order valence-corrected chi connectivity index (χ0v) is 13.9. The molecule has 2 fully saturated rings. The van der Waals surface area contributed by atoms with Gasteiger partial charge in [0.2, 0.25) is 0 Å². The van der Waals surface area contributed by atoms with E-state index in [0.717, 1.165) is 4.31 Å². The van der Waals surface area contributed by atoms with E-state index in [9.17, 15) is 30.0 Å². The van der Waals surface area contributed by atoms with Crippen molar-refractivity contribution in [2.45, 2.75) is 12.6 Å². The maximum Gasteiger partial charge on any atom is 0.393 e. The first kappa shape index (κ1) is 18.9. The molecule has 1 N–H and O–H groups in total. The highest BCUT2D eigenvalue weighted by molar-refractivity contribution is 7.91. The Hall–Kier alpha value is -0.430. The minimum atomic E-state index is -4.55. The molecule has 0 aromatic carbocycles. The summed E-state index contributed by atoms with van der Waals surface area (Å²) >= 11 is 0. The fraction of sp³-hybridized carbons (Fsp3) is 1.00. The van der Waals surface area contributed by atoms with Gasteiger partial charge in [-0.15, -0.1) is 0 Å². The van der Waals surface area contributed by atoms with Gasteiger partial charge in [-0.25, -0.2) is 8.42 Å². The topological polar surface area (TPSA) is 95.0 Å². The summed E-state index contributed by atoms with van der Waals surface area (Å²) in [5, 5.41) is 9.16. The molecule has 2 aliphatic rings. The molecule has 7 nitrogen and oxygen atoms in total. The molecule has 136 valence electrons. The summed E-state index contributed by atoms with van der Waals surface area (Å²) in [6.07, 6.45) is -4.87. The van der Waals surface area contributed by atoms with E-state index in [1.807, 2.05) is 0 Å². The van der Waals surface area contributed by atoms with Crippen molar-refractivity contribution in [3.8, 4) is 0 Å². The van der Waals surface area contributed by atoms with Gasteiger partial charge in [0.25, 0.3) is 10.2 Å². The highest BCUT2D eigenvalue weighted by atomic mass is 32.2. The summed E-state index contributed by atoms with van der Waals surface area (Å²) in [5.74, 6) is -3.31. The van der Waals surface area contributed by atoms with E-state index < -0.39 is 51.2 Å². The third kappa shape index (κ3) is 4.35. The second kappa shape index (κ2) is 6.47.